The molecule has 0 spiro atoms. The molecule has 2 aromatic carbocycles. The summed E-state index contributed by atoms with van der Waals surface area (Å²) in [6, 6.07) is 14.6. The molecule has 4 heteroatoms. The number of hydrogen-bond acceptors (Lipinski definition) is 1. The molecule has 3 nitrogen and oxygen atoms in total. The minimum Gasteiger partial charge on any atom is -0.361 e. The van der Waals surface area contributed by atoms with Crippen LogP contribution in [-0.2, 0) is 4.79 Å². The Morgan fingerprint density at radius 2 is 1.77 bits per heavy atom. The first-order valence-electron chi connectivity index (χ1n) is 9.06. The average Bonchev–Trinajstić information content (AvgIpc) is 3.04. The second kappa shape index (κ2) is 7.73. The Hall–Kier alpha value is -2.62. The van der Waals surface area contributed by atoms with Crippen molar-refractivity contribution in [3.63, 3.8) is 0 Å². The number of fused-ring (bicyclic) bond motifs is 1. The van der Waals surface area contributed by atoms with Crippen molar-refractivity contribution in [1.82, 2.24) is 10.3 Å². The fourth-order valence-electron chi connectivity index (χ4n) is 3.15. The van der Waals surface area contributed by atoms with Crippen molar-refractivity contribution < 1.29 is 9.18 Å². The summed E-state index contributed by atoms with van der Waals surface area (Å²) < 4.78 is 13.4. The molecule has 1 aromatic heterocycles. The minimum absolute atomic E-state index is 0.00538. The number of halogens is 1. The number of benzene rings is 2. The number of H-pyrrole nitrogens is 1. The lowest BCUT2D eigenvalue weighted by atomic mass is 9.87. The summed E-state index contributed by atoms with van der Waals surface area (Å²) in [6.45, 7) is 6.19. The number of carbonyl (C=O) groups is 1. The van der Waals surface area contributed by atoms with Crippen LogP contribution < -0.4 is 5.32 Å². The van der Waals surface area contributed by atoms with Gasteiger partial charge in [-0.15, -0.1) is 0 Å². The van der Waals surface area contributed by atoms with Gasteiger partial charge in [-0.05, 0) is 42.2 Å². The first-order chi connectivity index (χ1) is 12.5. The lowest BCUT2D eigenvalue weighted by molar-refractivity contribution is -0.122. The molecule has 0 aliphatic carbocycles. The highest BCUT2D eigenvalue weighted by atomic mass is 19.1. The Morgan fingerprint density at radius 3 is 2.46 bits per heavy atom. The summed E-state index contributed by atoms with van der Waals surface area (Å²) >= 11 is 0. The first-order valence-corrected chi connectivity index (χ1v) is 9.06. The molecular weight excluding hydrogens is 327 g/mol. The van der Waals surface area contributed by atoms with Crippen molar-refractivity contribution in [2.75, 3.05) is 0 Å². The molecule has 3 rings (SSSR count). The summed E-state index contributed by atoms with van der Waals surface area (Å²) in [6.07, 6.45) is 2.28. The van der Waals surface area contributed by atoms with E-state index in [1.54, 1.807) is 12.1 Å². The number of rotatable bonds is 6. The molecule has 0 fully saturated rings. The fourth-order valence-corrected chi connectivity index (χ4v) is 3.15. The van der Waals surface area contributed by atoms with Crippen LogP contribution in [0.5, 0.6) is 0 Å². The smallest absolute Gasteiger partial charge is 0.221 e. The van der Waals surface area contributed by atoms with Crippen LogP contribution in [0.1, 0.15) is 44.2 Å². The predicted molar refractivity (Wildman–Crippen MR) is 104 cm³/mol. The maximum atomic E-state index is 13.4. The largest absolute Gasteiger partial charge is 0.361 e. The van der Waals surface area contributed by atoms with E-state index in [2.05, 4.69) is 24.1 Å². The molecule has 3 aromatic rings. The lowest BCUT2D eigenvalue weighted by Crippen LogP contribution is -2.36. The molecule has 0 saturated heterocycles. The molecule has 2 N–H and O–H groups in total. The van der Waals surface area contributed by atoms with Crippen LogP contribution in [0, 0.1) is 11.7 Å². The Balaban J connectivity index is 1.94. The third-order valence-electron chi connectivity index (χ3n) is 5.05. The van der Waals surface area contributed by atoms with E-state index in [1.807, 2.05) is 37.4 Å². The van der Waals surface area contributed by atoms with Gasteiger partial charge in [-0.3, -0.25) is 4.79 Å². The van der Waals surface area contributed by atoms with Crippen LogP contribution in [0.15, 0.2) is 54.7 Å². The van der Waals surface area contributed by atoms with Crippen molar-refractivity contribution in [3.05, 3.63) is 71.7 Å². The van der Waals surface area contributed by atoms with E-state index in [-0.39, 0.29) is 23.7 Å². The molecule has 0 aliphatic heterocycles. The van der Waals surface area contributed by atoms with Crippen molar-refractivity contribution in [2.45, 2.75) is 39.2 Å². The summed E-state index contributed by atoms with van der Waals surface area (Å²) in [5.74, 6) is -0.0301. The monoisotopic (exact) mass is 352 g/mol. The van der Waals surface area contributed by atoms with Crippen LogP contribution >= 0.6 is 0 Å². The maximum Gasteiger partial charge on any atom is 0.221 e. The summed E-state index contributed by atoms with van der Waals surface area (Å²) in [7, 11) is 0. The van der Waals surface area contributed by atoms with Gasteiger partial charge >= 0.3 is 0 Å². The maximum absolute atomic E-state index is 13.4. The van der Waals surface area contributed by atoms with Gasteiger partial charge in [0, 0.05) is 35.5 Å². The van der Waals surface area contributed by atoms with Gasteiger partial charge in [-0.1, -0.05) is 44.2 Å². The van der Waals surface area contributed by atoms with E-state index in [1.165, 1.54) is 12.1 Å². The molecular formula is C22H25FN2O. The molecule has 2 unspecified atom stereocenters. The molecule has 26 heavy (non-hydrogen) atoms. The van der Waals surface area contributed by atoms with Crippen LogP contribution in [0.2, 0.25) is 0 Å². The molecule has 1 amide bonds. The first kappa shape index (κ1) is 18.2. The number of nitrogens with one attached hydrogen (secondary N) is 2. The Bertz CT molecular complexity index is 883. The van der Waals surface area contributed by atoms with E-state index in [0.717, 1.165) is 22.0 Å². The second-order valence-corrected chi connectivity index (χ2v) is 7.20. The van der Waals surface area contributed by atoms with Crippen LogP contribution in [-0.4, -0.2) is 16.9 Å². The second-order valence-electron chi connectivity index (χ2n) is 7.20. The number of amides is 1. The van der Waals surface area contributed by atoms with Gasteiger partial charge in [0.05, 0.1) is 0 Å². The Kier molecular flexibility index (Phi) is 5.40. The fraction of sp³-hybridized carbons (Fsp3) is 0.318. The quantitative estimate of drug-likeness (QED) is 0.645. The molecule has 0 aliphatic rings. The number of hydrogen-bond donors (Lipinski definition) is 2. The number of para-hydroxylation sites is 1. The van der Waals surface area contributed by atoms with Crippen molar-refractivity contribution in [3.8, 4) is 0 Å². The average molecular weight is 352 g/mol. The van der Waals surface area contributed by atoms with E-state index < -0.39 is 0 Å². The van der Waals surface area contributed by atoms with Gasteiger partial charge in [0.15, 0.2) is 0 Å². The topological polar surface area (TPSA) is 44.9 Å². The van der Waals surface area contributed by atoms with E-state index in [9.17, 15) is 9.18 Å². The van der Waals surface area contributed by atoms with E-state index in [0.29, 0.717) is 12.3 Å². The SMILES string of the molecule is CC(C)C(C)NC(=O)CC(c1ccc(F)cc1)c1c[nH]c2ccccc12. The van der Waals surface area contributed by atoms with Gasteiger partial charge in [0.25, 0.3) is 0 Å². The predicted octanol–water partition coefficient (Wildman–Crippen LogP) is 4.99. The highest BCUT2D eigenvalue weighted by Gasteiger charge is 2.22. The lowest BCUT2D eigenvalue weighted by Gasteiger charge is -2.21. The van der Waals surface area contributed by atoms with E-state index in [4.69, 9.17) is 0 Å². The van der Waals surface area contributed by atoms with Crippen molar-refractivity contribution in [1.29, 1.82) is 0 Å². The minimum atomic E-state index is -0.274. The normalized spacial score (nSPS) is 13.7. The third kappa shape index (κ3) is 3.96. The third-order valence-corrected chi connectivity index (χ3v) is 5.05. The zero-order valence-electron chi connectivity index (χ0n) is 15.4. The highest BCUT2D eigenvalue weighted by Crippen LogP contribution is 2.33. The molecule has 2 atom stereocenters. The van der Waals surface area contributed by atoms with Gasteiger partial charge in [-0.25, -0.2) is 4.39 Å². The highest BCUT2D eigenvalue weighted by molar-refractivity contribution is 5.86. The summed E-state index contributed by atoms with van der Waals surface area (Å²) in [5, 5.41) is 4.17. The van der Waals surface area contributed by atoms with Crippen LogP contribution in [0.4, 0.5) is 4.39 Å². The molecule has 136 valence electrons. The van der Waals surface area contributed by atoms with Gasteiger partial charge in [0.2, 0.25) is 5.91 Å². The summed E-state index contributed by atoms with van der Waals surface area (Å²) in [5.41, 5.74) is 3.02. The number of aromatic nitrogens is 1. The van der Waals surface area contributed by atoms with Crippen molar-refractivity contribution >= 4 is 16.8 Å². The Labute approximate surface area is 153 Å². The summed E-state index contributed by atoms with van der Waals surface area (Å²) in [4.78, 5) is 15.9. The molecule has 1 heterocycles. The van der Waals surface area contributed by atoms with Crippen molar-refractivity contribution in [2.24, 2.45) is 5.92 Å². The number of carbonyl (C=O) groups excluding carboxylic acids is 1. The standard InChI is InChI=1S/C22H25FN2O/c1-14(2)15(3)25-22(26)12-19(16-8-10-17(23)11-9-16)20-13-24-21-7-5-4-6-18(20)21/h4-11,13-15,19,24H,12H2,1-3H3,(H,25,26). The molecule has 0 radical (unpaired) electrons. The zero-order chi connectivity index (χ0) is 18.7. The van der Waals surface area contributed by atoms with Crippen LogP contribution in [0.3, 0.4) is 0 Å². The van der Waals surface area contributed by atoms with Gasteiger partial charge in [0.1, 0.15) is 5.82 Å². The van der Waals surface area contributed by atoms with Gasteiger partial charge < -0.3 is 10.3 Å². The van der Waals surface area contributed by atoms with Gasteiger partial charge in [-0.2, -0.15) is 0 Å². The number of aromatic amines is 1. The molecule has 0 saturated carbocycles. The van der Waals surface area contributed by atoms with Crippen LogP contribution in [0.25, 0.3) is 10.9 Å². The zero-order valence-corrected chi connectivity index (χ0v) is 15.4. The Morgan fingerprint density at radius 1 is 1.08 bits per heavy atom. The van der Waals surface area contributed by atoms with E-state index >= 15 is 0 Å². The molecule has 0 bridgehead atoms.